The third-order valence-corrected chi connectivity index (χ3v) is 4.09. The Morgan fingerprint density at radius 3 is 2.60 bits per heavy atom. The van der Waals surface area contributed by atoms with E-state index in [1.54, 1.807) is 0 Å². The van der Waals surface area contributed by atoms with Gasteiger partial charge in [-0.2, -0.15) is 0 Å². The van der Waals surface area contributed by atoms with Gasteiger partial charge < -0.3 is 4.90 Å². The molecule has 86 valence electrons. The van der Waals surface area contributed by atoms with Crippen molar-refractivity contribution < 1.29 is 0 Å². The van der Waals surface area contributed by atoms with E-state index in [1.807, 2.05) is 0 Å². The minimum absolute atomic E-state index is 0.875. The van der Waals surface area contributed by atoms with Gasteiger partial charge in [0, 0.05) is 19.5 Å². The van der Waals surface area contributed by atoms with Crippen LogP contribution in [0, 0.1) is 17.2 Å². The van der Waals surface area contributed by atoms with Crippen LogP contribution < -0.4 is 0 Å². The molecular formula is C13H24N2. The number of likely N-dealkylation sites (tertiary alicyclic amines) is 1. The molecule has 2 aliphatic rings. The van der Waals surface area contributed by atoms with Crippen molar-refractivity contribution in [3.8, 4) is 0 Å². The third kappa shape index (κ3) is 2.96. The molecule has 0 unspecified atom stereocenters. The first kappa shape index (κ1) is 11.0. The summed E-state index contributed by atoms with van der Waals surface area (Å²) in [6.07, 6.45) is 9.15. The predicted molar refractivity (Wildman–Crippen MR) is 64.3 cm³/mol. The molecule has 1 saturated carbocycles. The molecule has 0 spiro atoms. The fourth-order valence-corrected chi connectivity index (χ4v) is 2.91. The highest BCUT2D eigenvalue weighted by Crippen LogP contribution is 2.29. The number of amidine groups is 1. The third-order valence-electron chi connectivity index (χ3n) is 4.09. The lowest BCUT2D eigenvalue weighted by Gasteiger charge is -2.35. The van der Waals surface area contributed by atoms with Gasteiger partial charge in [-0.15, -0.1) is 0 Å². The molecular weight excluding hydrogens is 184 g/mol. The summed E-state index contributed by atoms with van der Waals surface area (Å²) in [5, 5.41) is 7.93. The second-order valence-electron chi connectivity index (χ2n) is 5.48. The van der Waals surface area contributed by atoms with Gasteiger partial charge in [-0.25, -0.2) is 0 Å². The summed E-state index contributed by atoms with van der Waals surface area (Å²) < 4.78 is 0. The topological polar surface area (TPSA) is 27.1 Å². The van der Waals surface area contributed by atoms with Crippen molar-refractivity contribution in [2.45, 2.75) is 51.9 Å². The molecule has 1 heterocycles. The number of rotatable bonds is 2. The number of hydrogen-bond donors (Lipinski definition) is 1. The minimum Gasteiger partial charge on any atom is -0.360 e. The smallest absolute Gasteiger partial charge is 0.0957 e. The van der Waals surface area contributed by atoms with Crippen molar-refractivity contribution in [3.05, 3.63) is 0 Å². The maximum absolute atomic E-state index is 7.93. The Labute approximate surface area is 93.6 Å². The van der Waals surface area contributed by atoms with Crippen molar-refractivity contribution in [2.75, 3.05) is 13.1 Å². The van der Waals surface area contributed by atoms with Crippen LogP contribution >= 0.6 is 0 Å². The van der Waals surface area contributed by atoms with Crippen molar-refractivity contribution in [1.82, 2.24) is 4.90 Å². The minimum atomic E-state index is 0.875. The van der Waals surface area contributed by atoms with Crippen LogP contribution in [0.1, 0.15) is 51.9 Å². The van der Waals surface area contributed by atoms with E-state index in [1.165, 1.54) is 45.1 Å². The molecule has 0 aromatic carbocycles. The SMILES string of the molecule is CC1CCC(CN2CCCCC2=N)CC1. The van der Waals surface area contributed by atoms with Gasteiger partial charge >= 0.3 is 0 Å². The second-order valence-corrected chi connectivity index (χ2v) is 5.48. The van der Waals surface area contributed by atoms with Crippen LogP contribution in [0.25, 0.3) is 0 Å². The highest BCUT2D eigenvalue weighted by molar-refractivity contribution is 5.79. The lowest BCUT2D eigenvalue weighted by atomic mass is 9.82. The maximum Gasteiger partial charge on any atom is 0.0957 e. The standard InChI is InChI=1S/C13H24N2/c1-11-5-7-12(8-6-11)10-15-9-3-2-4-13(15)14/h11-12,14H,2-10H2,1H3. The molecule has 0 bridgehead atoms. The van der Waals surface area contributed by atoms with E-state index in [0.29, 0.717) is 0 Å². The van der Waals surface area contributed by atoms with Crippen LogP contribution in [0.15, 0.2) is 0 Å². The Balaban J connectivity index is 1.78. The molecule has 1 aliphatic heterocycles. The molecule has 0 amide bonds. The molecule has 1 aliphatic carbocycles. The Bertz CT molecular complexity index is 217. The first-order valence-corrected chi connectivity index (χ1v) is 6.58. The van der Waals surface area contributed by atoms with Crippen LogP contribution in [-0.2, 0) is 0 Å². The first-order chi connectivity index (χ1) is 7.25. The van der Waals surface area contributed by atoms with E-state index < -0.39 is 0 Å². The fraction of sp³-hybridized carbons (Fsp3) is 0.923. The molecule has 1 N–H and O–H groups in total. The highest BCUT2D eigenvalue weighted by atomic mass is 15.2. The van der Waals surface area contributed by atoms with Gasteiger partial charge in [0.2, 0.25) is 0 Å². The Morgan fingerprint density at radius 1 is 1.20 bits per heavy atom. The van der Waals surface area contributed by atoms with Crippen molar-refractivity contribution in [3.63, 3.8) is 0 Å². The lowest BCUT2D eigenvalue weighted by Crippen LogP contribution is -2.39. The summed E-state index contributed by atoms with van der Waals surface area (Å²) in [5.41, 5.74) is 0. The molecule has 2 nitrogen and oxygen atoms in total. The van der Waals surface area contributed by atoms with E-state index in [-0.39, 0.29) is 0 Å². The van der Waals surface area contributed by atoms with E-state index in [2.05, 4.69) is 11.8 Å². The Hall–Kier alpha value is -0.530. The largest absolute Gasteiger partial charge is 0.360 e. The van der Waals surface area contributed by atoms with Gasteiger partial charge in [0.1, 0.15) is 0 Å². The zero-order chi connectivity index (χ0) is 10.7. The summed E-state index contributed by atoms with van der Waals surface area (Å²) in [4.78, 5) is 2.34. The molecule has 0 radical (unpaired) electrons. The normalized spacial score (nSPS) is 33.1. The molecule has 15 heavy (non-hydrogen) atoms. The van der Waals surface area contributed by atoms with Crippen LogP contribution in [0.5, 0.6) is 0 Å². The van der Waals surface area contributed by atoms with E-state index in [0.717, 1.165) is 30.6 Å². The fourth-order valence-electron chi connectivity index (χ4n) is 2.91. The summed E-state index contributed by atoms with van der Waals surface area (Å²) in [6.45, 7) is 4.69. The number of hydrogen-bond acceptors (Lipinski definition) is 1. The van der Waals surface area contributed by atoms with E-state index >= 15 is 0 Å². The van der Waals surface area contributed by atoms with Gasteiger partial charge in [-0.05, 0) is 37.5 Å². The van der Waals surface area contributed by atoms with Gasteiger partial charge in [0.05, 0.1) is 5.84 Å². The van der Waals surface area contributed by atoms with Gasteiger partial charge in [0.25, 0.3) is 0 Å². The van der Waals surface area contributed by atoms with Crippen molar-refractivity contribution in [1.29, 1.82) is 5.41 Å². The molecule has 2 heteroatoms. The van der Waals surface area contributed by atoms with E-state index in [4.69, 9.17) is 5.41 Å². The maximum atomic E-state index is 7.93. The second kappa shape index (κ2) is 5.00. The van der Waals surface area contributed by atoms with Crippen molar-refractivity contribution >= 4 is 5.84 Å². The average molecular weight is 208 g/mol. The Kier molecular flexibility index (Phi) is 3.66. The van der Waals surface area contributed by atoms with Crippen LogP contribution in [0.4, 0.5) is 0 Å². The molecule has 2 rings (SSSR count). The zero-order valence-corrected chi connectivity index (χ0v) is 9.97. The number of nitrogens with zero attached hydrogens (tertiary/aromatic N) is 1. The highest BCUT2D eigenvalue weighted by Gasteiger charge is 2.22. The van der Waals surface area contributed by atoms with Gasteiger partial charge in [-0.3, -0.25) is 5.41 Å². The average Bonchev–Trinajstić information content (AvgIpc) is 2.25. The van der Waals surface area contributed by atoms with Crippen LogP contribution in [0.2, 0.25) is 0 Å². The number of piperidine rings is 1. The van der Waals surface area contributed by atoms with Gasteiger partial charge in [0.15, 0.2) is 0 Å². The first-order valence-electron chi connectivity index (χ1n) is 6.58. The summed E-state index contributed by atoms with van der Waals surface area (Å²) in [7, 11) is 0. The summed E-state index contributed by atoms with van der Waals surface area (Å²) in [6, 6.07) is 0. The summed E-state index contributed by atoms with van der Waals surface area (Å²) in [5.74, 6) is 2.72. The monoisotopic (exact) mass is 208 g/mol. The molecule has 0 aromatic rings. The molecule has 1 saturated heterocycles. The van der Waals surface area contributed by atoms with Crippen molar-refractivity contribution in [2.24, 2.45) is 11.8 Å². The van der Waals surface area contributed by atoms with Crippen LogP contribution in [0.3, 0.4) is 0 Å². The zero-order valence-electron chi connectivity index (χ0n) is 9.97. The molecule has 0 atom stereocenters. The molecule has 0 aromatic heterocycles. The number of nitrogens with one attached hydrogen (secondary N) is 1. The van der Waals surface area contributed by atoms with E-state index in [9.17, 15) is 0 Å². The quantitative estimate of drug-likeness (QED) is 0.741. The summed E-state index contributed by atoms with van der Waals surface area (Å²) >= 11 is 0. The Morgan fingerprint density at radius 2 is 1.93 bits per heavy atom. The van der Waals surface area contributed by atoms with Crippen LogP contribution in [-0.4, -0.2) is 23.8 Å². The van der Waals surface area contributed by atoms with Gasteiger partial charge in [-0.1, -0.05) is 19.8 Å². The predicted octanol–water partition coefficient (Wildman–Crippen LogP) is 3.28. The molecule has 2 fully saturated rings. The lowest BCUT2D eigenvalue weighted by molar-refractivity contribution is 0.228.